The third-order valence-corrected chi connectivity index (χ3v) is 5.95. The first kappa shape index (κ1) is 27.9. The van der Waals surface area contributed by atoms with Crippen molar-refractivity contribution < 1.29 is 19.8 Å². The summed E-state index contributed by atoms with van der Waals surface area (Å²) in [6, 6.07) is 0. The summed E-state index contributed by atoms with van der Waals surface area (Å²) in [5.41, 5.74) is 0. The molecule has 172 valence electrons. The van der Waals surface area contributed by atoms with Crippen LogP contribution in [0.4, 0.5) is 0 Å². The second-order valence-electron chi connectivity index (χ2n) is 8.77. The fourth-order valence-corrected chi connectivity index (χ4v) is 4.00. The molecule has 0 saturated carbocycles. The fourth-order valence-electron chi connectivity index (χ4n) is 4.00. The highest BCUT2D eigenvalue weighted by Crippen LogP contribution is 2.20. The van der Waals surface area contributed by atoms with Crippen molar-refractivity contribution in [1.82, 2.24) is 0 Å². The Morgan fingerprint density at radius 2 is 0.897 bits per heavy atom. The number of carboxylic acid groups (broad SMARTS) is 2. The van der Waals surface area contributed by atoms with E-state index in [1.165, 1.54) is 77.0 Å². The van der Waals surface area contributed by atoms with Gasteiger partial charge in [0.15, 0.2) is 0 Å². The molecule has 0 aromatic heterocycles. The van der Waals surface area contributed by atoms with Gasteiger partial charge in [-0.05, 0) is 19.3 Å². The molecule has 29 heavy (non-hydrogen) atoms. The summed E-state index contributed by atoms with van der Waals surface area (Å²) < 4.78 is 0. The molecule has 0 radical (unpaired) electrons. The first-order chi connectivity index (χ1) is 14.1. The number of unbranched alkanes of at least 4 members (excludes halogenated alkanes) is 16. The van der Waals surface area contributed by atoms with Gasteiger partial charge in [-0.1, -0.05) is 116 Å². The van der Waals surface area contributed by atoms with Crippen molar-refractivity contribution in [2.75, 3.05) is 0 Å². The zero-order chi connectivity index (χ0) is 21.6. The van der Waals surface area contributed by atoms with Gasteiger partial charge < -0.3 is 10.2 Å². The molecule has 0 fully saturated rings. The summed E-state index contributed by atoms with van der Waals surface area (Å²) >= 11 is 0. The van der Waals surface area contributed by atoms with Gasteiger partial charge >= 0.3 is 11.9 Å². The minimum Gasteiger partial charge on any atom is -0.481 e. The Morgan fingerprint density at radius 1 is 0.552 bits per heavy atom. The van der Waals surface area contributed by atoms with Gasteiger partial charge in [0.25, 0.3) is 0 Å². The highest BCUT2D eigenvalue weighted by Gasteiger charge is 2.16. The Morgan fingerprint density at radius 3 is 1.24 bits per heavy atom. The van der Waals surface area contributed by atoms with Crippen LogP contribution in [-0.4, -0.2) is 22.2 Å². The molecule has 1 atom stereocenters. The summed E-state index contributed by atoms with van der Waals surface area (Å²) in [4.78, 5) is 21.9. The van der Waals surface area contributed by atoms with Crippen LogP contribution in [-0.2, 0) is 9.59 Å². The van der Waals surface area contributed by atoms with Crippen LogP contribution in [0.1, 0.15) is 142 Å². The Labute approximate surface area is 179 Å². The molecule has 0 aliphatic rings. The lowest BCUT2D eigenvalue weighted by atomic mass is 9.94. The van der Waals surface area contributed by atoms with Crippen molar-refractivity contribution >= 4 is 11.9 Å². The smallest absolute Gasteiger partial charge is 0.306 e. The van der Waals surface area contributed by atoms with Gasteiger partial charge in [-0.2, -0.15) is 0 Å². The van der Waals surface area contributed by atoms with Crippen molar-refractivity contribution in [3.63, 3.8) is 0 Å². The quantitative estimate of drug-likeness (QED) is 0.167. The maximum absolute atomic E-state index is 11.4. The van der Waals surface area contributed by atoms with E-state index in [1.54, 1.807) is 0 Å². The topological polar surface area (TPSA) is 74.6 Å². The van der Waals surface area contributed by atoms with Crippen molar-refractivity contribution in [3.8, 4) is 0 Å². The van der Waals surface area contributed by atoms with Gasteiger partial charge in [0, 0.05) is 6.42 Å². The fraction of sp³-hybridized carbons (Fsp3) is 0.920. The molecule has 2 N–H and O–H groups in total. The third kappa shape index (κ3) is 21.5. The highest BCUT2D eigenvalue weighted by atomic mass is 16.4. The van der Waals surface area contributed by atoms with Gasteiger partial charge in [0.1, 0.15) is 0 Å². The molecule has 0 aliphatic carbocycles. The number of hydrogen-bond donors (Lipinski definition) is 2. The largest absolute Gasteiger partial charge is 0.481 e. The number of rotatable bonds is 23. The SMILES string of the molecule is CCCCCCCCCCCCCCCCC(CCCCCCC(=O)O)C(=O)O. The van der Waals surface area contributed by atoms with E-state index in [0.717, 1.165) is 44.9 Å². The van der Waals surface area contributed by atoms with E-state index >= 15 is 0 Å². The van der Waals surface area contributed by atoms with E-state index in [9.17, 15) is 14.7 Å². The summed E-state index contributed by atoms with van der Waals surface area (Å²) in [7, 11) is 0. The second-order valence-corrected chi connectivity index (χ2v) is 8.77. The molecule has 4 nitrogen and oxygen atoms in total. The van der Waals surface area contributed by atoms with Crippen molar-refractivity contribution in [1.29, 1.82) is 0 Å². The highest BCUT2D eigenvalue weighted by molar-refractivity contribution is 5.69. The van der Waals surface area contributed by atoms with Gasteiger partial charge in [-0.15, -0.1) is 0 Å². The molecule has 0 saturated heterocycles. The Hall–Kier alpha value is -1.06. The molecular formula is C25H48O4. The van der Waals surface area contributed by atoms with Gasteiger partial charge in [0.2, 0.25) is 0 Å². The predicted octanol–water partition coefficient (Wildman–Crippen LogP) is 7.98. The van der Waals surface area contributed by atoms with Crippen LogP contribution >= 0.6 is 0 Å². The normalized spacial score (nSPS) is 12.2. The second kappa shape index (κ2) is 21.6. The summed E-state index contributed by atoms with van der Waals surface area (Å²) in [6.07, 6.45) is 23.7. The van der Waals surface area contributed by atoms with Crippen LogP contribution in [0.5, 0.6) is 0 Å². The van der Waals surface area contributed by atoms with E-state index in [2.05, 4.69) is 6.92 Å². The Balaban J connectivity index is 3.42. The Kier molecular flexibility index (Phi) is 20.9. The van der Waals surface area contributed by atoms with E-state index in [-0.39, 0.29) is 12.3 Å². The van der Waals surface area contributed by atoms with Gasteiger partial charge in [-0.3, -0.25) is 9.59 Å². The number of carboxylic acids is 2. The summed E-state index contributed by atoms with van der Waals surface area (Å²) in [5, 5.41) is 18.0. The molecule has 1 unspecified atom stereocenters. The number of aliphatic carboxylic acids is 2. The first-order valence-electron chi connectivity index (χ1n) is 12.5. The van der Waals surface area contributed by atoms with Crippen molar-refractivity contribution in [2.24, 2.45) is 5.92 Å². The summed E-state index contributed by atoms with van der Waals surface area (Å²) in [5.74, 6) is -1.62. The first-order valence-corrected chi connectivity index (χ1v) is 12.5. The van der Waals surface area contributed by atoms with Crippen LogP contribution < -0.4 is 0 Å². The molecule has 0 rings (SSSR count). The Bertz CT molecular complexity index is 381. The molecule has 0 bridgehead atoms. The lowest BCUT2D eigenvalue weighted by Gasteiger charge is -2.12. The van der Waals surface area contributed by atoms with Crippen molar-refractivity contribution in [3.05, 3.63) is 0 Å². The monoisotopic (exact) mass is 412 g/mol. The molecule has 0 spiro atoms. The molecular weight excluding hydrogens is 364 g/mol. The summed E-state index contributed by atoms with van der Waals surface area (Å²) in [6.45, 7) is 2.26. The molecule has 4 heteroatoms. The van der Waals surface area contributed by atoms with Crippen LogP contribution in [0.2, 0.25) is 0 Å². The van der Waals surface area contributed by atoms with Crippen LogP contribution in [0.15, 0.2) is 0 Å². The molecule has 0 aliphatic heterocycles. The van der Waals surface area contributed by atoms with E-state index < -0.39 is 11.9 Å². The average molecular weight is 413 g/mol. The van der Waals surface area contributed by atoms with Gasteiger partial charge in [0.05, 0.1) is 5.92 Å². The van der Waals surface area contributed by atoms with Crippen LogP contribution in [0, 0.1) is 5.92 Å². The average Bonchev–Trinajstić information content (AvgIpc) is 2.68. The maximum atomic E-state index is 11.4. The minimum absolute atomic E-state index is 0.216. The van der Waals surface area contributed by atoms with Crippen LogP contribution in [0.25, 0.3) is 0 Å². The van der Waals surface area contributed by atoms with E-state index in [4.69, 9.17) is 5.11 Å². The third-order valence-electron chi connectivity index (χ3n) is 5.95. The zero-order valence-corrected chi connectivity index (χ0v) is 19.1. The van der Waals surface area contributed by atoms with Gasteiger partial charge in [-0.25, -0.2) is 0 Å². The lowest BCUT2D eigenvalue weighted by Crippen LogP contribution is -2.13. The van der Waals surface area contributed by atoms with Crippen molar-refractivity contribution in [2.45, 2.75) is 142 Å². The molecule has 0 aromatic rings. The van der Waals surface area contributed by atoms with E-state index in [1.807, 2.05) is 0 Å². The maximum Gasteiger partial charge on any atom is 0.306 e. The number of hydrogen-bond acceptors (Lipinski definition) is 2. The molecule has 0 aromatic carbocycles. The van der Waals surface area contributed by atoms with Crippen LogP contribution in [0.3, 0.4) is 0 Å². The number of carbonyl (C=O) groups is 2. The predicted molar refractivity (Wildman–Crippen MR) is 121 cm³/mol. The standard InChI is InChI=1S/C25H48O4/c1-2-3-4-5-6-7-8-9-10-11-12-13-14-17-20-23(25(28)29)21-18-15-16-19-22-24(26)27/h23H,2-22H2,1H3,(H,26,27)(H,28,29). The zero-order valence-electron chi connectivity index (χ0n) is 19.1. The molecule has 0 amide bonds. The molecule has 0 heterocycles. The lowest BCUT2D eigenvalue weighted by molar-refractivity contribution is -0.142. The van der Waals surface area contributed by atoms with E-state index in [0.29, 0.717) is 6.42 Å². The minimum atomic E-state index is -0.744.